The quantitative estimate of drug-likeness (QED) is 0.778. The molecule has 0 amide bonds. The molecule has 0 saturated heterocycles. The third kappa shape index (κ3) is 3.34. The average Bonchev–Trinajstić information content (AvgIpc) is 2.46. The predicted octanol–water partition coefficient (Wildman–Crippen LogP) is 5.39. The lowest BCUT2D eigenvalue weighted by molar-refractivity contribution is 1.05. The summed E-state index contributed by atoms with van der Waals surface area (Å²) in [5, 5.41) is 4.41. The predicted molar refractivity (Wildman–Crippen MR) is 88.7 cm³/mol. The maximum Gasteiger partial charge on any atom is 0.0458 e. The van der Waals surface area contributed by atoms with Crippen LogP contribution in [0.25, 0.3) is 0 Å². The normalized spacial score (nSPS) is 10.6. The molecular formula is C18H22ClN. The minimum atomic E-state index is 0.767. The molecule has 1 nitrogen and oxygen atoms in total. The number of anilines is 1. The molecule has 0 radical (unpaired) electrons. The SMILES string of the molecule is CCc1cccc(CC)c1NCc1ccc(C)cc1Cl. The van der Waals surface area contributed by atoms with Crippen LogP contribution in [0.3, 0.4) is 0 Å². The number of hydrogen-bond acceptors (Lipinski definition) is 1. The van der Waals surface area contributed by atoms with E-state index in [1.165, 1.54) is 22.4 Å². The first-order valence-corrected chi connectivity index (χ1v) is 7.63. The molecule has 2 rings (SSSR count). The fourth-order valence-corrected chi connectivity index (χ4v) is 2.75. The Kier molecular flexibility index (Phi) is 5.08. The molecule has 0 aliphatic rings. The second-order valence-electron chi connectivity index (χ2n) is 5.11. The van der Waals surface area contributed by atoms with E-state index < -0.39 is 0 Å². The molecule has 0 aliphatic heterocycles. The Balaban J connectivity index is 2.22. The number of para-hydroxylation sites is 1. The summed E-state index contributed by atoms with van der Waals surface area (Å²) in [6.07, 6.45) is 2.08. The monoisotopic (exact) mass is 287 g/mol. The van der Waals surface area contributed by atoms with Gasteiger partial charge in [-0.15, -0.1) is 0 Å². The maximum atomic E-state index is 6.30. The van der Waals surface area contributed by atoms with Gasteiger partial charge < -0.3 is 5.32 Å². The van der Waals surface area contributed by atoms with Crippen molar-refractivity contribution in [1.29, 1.82) is 0 Å². The zero-order valence-electron chi connectivity index (χ0n) is 12.5. The highest BCUT2D eigenvalue weighted by Gasteiger charge is 2.07. The summed E-state index contributed by atoms with van der Waals surface area (Å²) in [5.74, 6) is 0. The van der Waals surface area contributed by atoms with E-state index in [9.17, 15) is 0 Å². The second kappa shape index (κ2) is 6.81. The van der Waals surface area contributed by atoms with Crippen molar-refractivity contribution in [3.8, 4) is 0 Å². The molecule has 0 aromatic heterocycles. The van der Waals surface area contributed by atoms with Crippen LogP contribution in [0.5, 0.6) is 0 Å². The minimum Gasteiger partial charge on any atom is -0.380 e. The zero-order chi connectivity index (χ0) is 14.5. The lowest BCUT2D eigenvalue weighted by atomic mass is 10.0. The van der Waals surface area contributed by atoms with Crippen molar-refractivity contribution in [2.75, 3.05) is 5.32 Å². The summed E-state index contributed by atoms with van der Waals surface area (Å²) in [7, 11) is 0. The summed E-state index contributed by atoms with van der Waals surface area (Å²) in [4.78, 5) is 0. The van der Waals surface area contributed by atoms with E-state index in [0.29, 0.717) is 0 Å². The molecule has 1 N–H and O–H groups in total. The van der Waals surface area contributed by atoms with Crippen molar-refractivity contribution in [3.05, 3.63) is 63.7 Å². The fourth-order valence-electron chi connectivity index (χ4n) is 2.45. The molecule has 2 aromatic carbocycles. The van der Waals surface area contributed by atoms with Crippen molar-refractivity contribution in [1.82, 2.24) is 0 Å². The lowest BCUT2D eigenvalue weighted by Crippen LogP contribution is -2.05. The first kappa shape index (κ1) is 14.9. The highest BCUT2D eigenvalue weighted by atomic mass is 35.5. The number of halogens is 1. The standard InChI is InChI=1S/C18H22ClN/c1-4-14-7-6-8-15(5-2)18(14)20-12-16-10-9-13(3)11-17(16)19/h6-11,20H,4-5,12H2,1-3H3. The maximum absolute atomic E-state index is 6.30. The molecule has 0 spiro atoms. The zero-order valence-corrected chi connectivity index (χ0v) is 13.2. The van der Waals surface area contributed by atoms with Crippen molar-refractivity contribution in [2.45, 2.75) is 40.2 Å². The van der Waals surface area contributed by atoms with E-state index >= 15 is 0 Å². The Labute approximate surface area is 127 Å². The number of hydrogen-bond donors (Lipinski definition) is 1. The molecule has 0 atom stereocenters. The largest absolute Gasteiger partial charge is 0.380 e. The summed E-state index contributed by atoms with van der Waals surface area (Å²) in [5.41, 5.74) is 6.35. The molecule has 0 unspecified atom stereocenters. The van der Waals surface area contributed by atoms with Gasteiger partial charge in [-0.25, -0.2) is 0 Å². The molecular weight excluding hydrogens is 266 g/mol. The van der Waals surface area contributed by atoms with Crippen molar-refractivity contribution in [2.24, 2.45) is 0 Å². The average molecular weight is 288 g/mol. The Morgan fingerprint density at radius 2 is 1.60 bits per heavy atom. The van der Waals surface area contributed by atoms with Gasteiger partial charge in [0, 0.05) is 17.3 Å². The van der Waals surface area contributed by atoms with Gasteiger partial charge in [0.05, 0.1) is 0 Å². The Morgan fingerprint density at radius 1 is 0.950 bits per heavy atom. The van der Waals surface area contributed by atoms with Crippen LogP contribution in [0.1, 0.15) is 36.1 Å². The Hall–Kier alpha value is -1.47. The van der Waals surface area contributed by atoms with E-state index in [1.807, 2.05) is 6.07 Å². The van der Waals surface area contributed by atoms with Crippen LogP contribution in [0.15, 0.2) is 36.4 Å². The van der Waals surface area contributed by atoms with E-state index in [4.69, 9.17) is 11.6 Å². The van der Waals surface area contributed by atoms with Gasteiger partial charge in [0.25, 0.3) is 0 Å². The molecule has 0 bridgehead atoms. The smallest absolute Gasteiger partial charge is 0.0458 e. The van der Waals surface area contributed by atoms with Crippen molar-refractivity contribution >= 4 is 17.3 Å². The molecule has 0 aliphatic carbocycles. The summed E-state index contributed by atoms with van der Waals surface area (Å²) >= 11 is 6.30. The number of aryl methyl sites for hydroxylation is 3. The van der Waals surface area contributed by atoms with Gasteiger partial charge in [-0.05, 0) is 48.1 Å². The molecule has 0 saturated carbocycles. The topological polar surface area (TPSA) is 12.0 Å². The highest BCUT2D eigenvalue weighted by Crippen LogP contribution is 2.25. The molecule has 106 valence electrons. The lowest BCUT2D eigenvalue weighted by Gasteiger charge is -2.16. The first-order chi connectivity index (χ1) is 9.65. The summed E-state index contributed by atoms with van der Waals surface area (Å²) < 4.78 is 0. The Morgan fingerprint density at radius 3 is 2.15 bits per heavy atom. The number of nitrogens with one attached hydrogen (secondary N) is 1. The fraction of sp³-hybridized carbons (Fsp3) is 0.333. The van der Waals surface area contributed by atoms with E-state index in [-0.39, 0.29) is 0 Å². The molecule has 2 heteroatoms. The van der Waals surface area contributed by atoms with Crippen LogP contribution in [-0.2, 0) is 19.4 Å². The number of benzene rings is 2. The van der Waals surface area contributed by atoms with Gasteiger partial charge in [0.15, 0.2) is 0 Å². The van der Waals surface area contributed by atoms with Crippen LogP contribution in [0, 0.1) is 6.92 Å². The summed E-state index contributed by atoms with van der Waals surface area (Å²) in [6, 6.07) is 12.8. The molecule has 0 fully saturated rings. The van der Waals surface area contributed by atoms with Crippen LogP contribution in [0.4, 0.5) is 5.69 Å². The van der Waals surface area contributed by atoms with Crippen molar-refractivity contribution in [3.63, 3.8) is 0 Å². The van der Waals surface area contributed by atoms with Crippen LogP contribution >= 0.6 is 11.6 Å². The third-order valence-corrected chi connectivity index (χ3v) is 4.01. The van der Waals surface area contributed by atoms with Crippen LogP contribution in [0.2, 0.25) is 5.02 Å². The van der Waals surface area contributed by atoms with E-state index in [2.05, 4.69) is 56.4 Å². The molecule has 2 aromatic rings. The van der Waals surface area contributed by atoms with Gasteiger partial charge >= 0.3 is 0 Å². The van der Waals surface area contributed by atoms with Gasteiger partial charge in [-0.1, -0.05) is 55.8 Å². The van der Waals surface area contributed by atoms with Crippen LogP contribution < -0.4 is 5.32 Å². The van der Waals surface area contributed by atoms with Crippen molar-refractivity contribution < 1.29 is 0 Å². The summed E-state index contributed by atoms with van der Waals surface area (Å²) in [6.45, 7) is 7.21. The van der Waals surface area contributed by atoms with E-state index in [1.54, 1.807) is 0 Å². The number of rotatable bonds is 5. The van der Waals surface area contributed by atoms with Gasteiger partial charge in [-0.3, -0.25) is 0 Å². The first-order valence-electron chi connectivity index (χ1n) is 7.25. The van der Waals surface area contributed by atoms with Gasteiger partial charge in [0.2, 0.25) is 0 Å². The minimum absolute atomic E-state index is 0.767. The molecule has 20 heavy (non-hydrogen) atoms. The van der Waals surface area contributed by atoms with Gasteiger partial charge in [-0.2, -0.15) is 0 Å². The van der Waals surface area contributed by atoms with Crippen LogP contribution in [-0.4, -0.2) is 0 Å². The van der Waals surface area contributed by atoms with E-state index in [0.717, 1.165) is 30.0 Å². The highest BCUT2D eigenvalue weighted by molar-refractivity contribution is 6.31. The van der Waals surface area contributed by atoms with Gasteiger partial charge in [0.1, 0.15) is 0 Å². The second-order valence-corrected chi connectivity index (χ2v) is 5.51. The Bertz CT molecular complexity index is 568. The molecule has 0 heterocycles. The third-order valence-electron chi connectivity index (χ3n) is 3.66.